The molecule has 0 aliphatic rings. The standard InChI is InChI=1S/C6H2F3O.Hf/c7-3-1-4(8)6(9)5(10)2-3;/h1,10H;/q-1;/p-1. The third-order valence-corrected chi connectivity index (χ3v) is 0.895. The van der Waals surface area contributed by atoms with Crippen LogP contribution in [0.3, 0.4) is 0 Å². The molecule has 0 amide bonds. The minimum atomic E-state index is -1.60. The van der Waals surface area contributed by atoms with E-state index in [4.69, 9.17) is 0 Å². The predicted octanol–water partition coefficient (Wildman–Crippen LogP) is 0.975. The van der Waals surface area contributed by atoms with E-state index in [2.05, 4.69) is 0 Å². The zero-order valence-corrected chi connectivity index (χ0v) is 8.71. The Balaban J connectivity index is 0.000001000. The molecule has 0 radical (unpaired) electrons. The van der Waals surface area contributed by atoms with Crippen molar-refractivity contribution in [1.82, 2.24) is 0 Å². The van der Waals surface area contributed by atoms with Crippen molar-refractivity contribution in [2.45, 2.75) is 0 Å². The Labute approximate surface area is 79.6 Å². The van der Waals surface area contributed by atoms with Gasteiger partial charge < -0.3 is 5.11 Å². The first-order valence-corrected chi connectivity index (χ1v) is 2.35. The minimum absolute atomic E-state index is 0. The van der Waals surface area contributed by atoms with Gasteiger partial charge in [0.05, 0.1) is 5.82 Å². The van der Waals surface area contributed by atoms with E-state index in [1.807, 2.05) is 0 Å². The maximum atomic E-state index is 12.0. The van der Waals surface area contributed by atoms with Gasteiger partial charge in [-0.15, -0.1) is 0 Å². The molecule has 1 rings (SSSR count). The molecule has 0 spiro atoms. The fourth-order valence-corrected chi connectivity index (χ4v) is 0.482. The van der Waals surface area contributed by atoms with Crippen molar-refractivity contribution < 1.29 is 44.1 Å². The summed E-state index contributed by atoms with van der Waals surface area (Å²) < 4.78 is 36.0. The molecule has 1 nitrogen and oxygen atoms in total. The predicted molar refractivity (Wildman–Crippen MR) is 24.6 cm³/mol. The maximum absolute atomic E-state index is 12.0. The molecule has 0 fully saturated rings. The Morgan fingerprint density at radius 1 is 1.27 bits per heavy atom. The van der Waals surface area contributed by atoms with Crippen molar-refractivity contribution in [2.75, 3.05) is 0 Å². The van der Waals surface area contributed by atoms with Crippen LogP contribution in [0.1, 0.15) is 0 Å². The number of halogens is 3. The van der Waals surface area contributed by atoms with Crippen molar-refractivity contribution >= 4 is 0 Å². The second kappa shape index (κ2) is 3.90. The molecule has 0 saturated carbocycles. The van der Waals surface area contributed by atoms with E-state index in [0.717, 1.165) is 0 Å². The van der Waals surface area contributed by atoms with Crippen LogP contribution in [0, 0.1) is 23.5 Å². The van der Waals surface area contributed by atoms with Crippen LogP contribution >= 0.6 is 0 Å². The van der Waals surface area contributed by atoms with Crippen LogP contribution in [0.25, 0.3) is 0 Å². The number of hydrogen-bond acceptors (Lipinski definition) is 1. The van der Waals surface area contributed by atoms with Gasteiger partial charge >= 0.3 is 0 Å². The van der Waals surface area contributed by atoms with Crippen molar-refractivity contribution in [3.05, 3.63) is 29.6 Å². The summed E-state index contributed by atoms with van der Waals surface area (Å²) in [5.74, 6) is -5.66. The monoisotopic (exact) mass is 326 g/mol. The molecule has 0 saturated heterocycles. The normalized spacial score (nSPS) is 9.00. The Morgan fingerprint density at radius 3 is 2.27 bits per heavy atom. The molecule has 0 heterocycles. The van der Waals surface area contributed by atoms with Gasteiger partial charge in [-0.2, -0.15) is 11.8 Å². The largest absolute Gasteiger partial charge is 0.889 e. The SMILES string of the molecule is [Hf].[O-]c1[c-]c(F)cc(F)c1F. The molecule has 0 unspecified atom stereocenters. The first kappa shape index (κ1) is 10.7. The minimum Gasteiger partial charge on any atom is -0.889 e. The Kier molecular flexibility index (Phi) is 3.78. The van der Waals surface area contributed by atoms with Crippen LogP contribution in [0.15, 0.2) is 6.07 Å². The average molecular weight is 325 g/mol. The Morgan fingerprint density at radius 2 is 1.82 bits per heavy atom. The molecule has 0 atom stereocenters. The zero-order chi connectivity index (χ0) is 7.72. The van der Waals surface area contributed by atoms with E-state index in [1.165, 1.54) is 6.07 Å². The Bertz CT molecular complexity index is 241. The van der Waals surface area contributed by atoms with E-state index in [-0.39, 0.29) is 31.9 Å². The van der Waals surface area contributed by atoms with Gasteiger partial charge in [0.2, 0.25) is 0 Å². The van der Waals surface area contributed by atoms with Crippen LogP contribution < -0.4 is 5.11 Å². The number of hydrogen-bond donors (Lipinski definition) is 0. The molecule has 0 aliphatic carbocycles. The van der Waals surface area contributed by atoms with E-state index in [0.29, 0.717) is 0 Å². The van der Waals surface area contributed by atoms with Crippen LogP contribution in [0.5, 0.6) is 5.75 Å². The second-order valence-corrected chi connectivity index (χ2v) is 1.61. The summed E-state index contributed by atoms with van der Waals surface area (Å²) in [5.41, 5.74) is 0. The van der Waals surface area contributed by atoms with Crippen molar-refractivity contribution in [2.24, 2.45) is 0 Å². The fraction of sp³-hybridized carbons (Fsp3) is 0. The summed E-state index contributed by atoms with van der Waals surface area (Å²) in [4.78, 5) is 0. The van der Waals surface area contributed by atoms with Crippen LogP contribution in [0.2, 0.25) is 0 Å². The van der Waals surface area contributed by atoms with Gasteiger partial charge in [0, 0.05) is 37.5 Å². The van der Waals surface area contributed by atoms with Crippen molar-refractivity contribution in [1.29, 1.82) is 0 Å². The molecule has 0 aliphatic heterocycles. The summed E-state index contributed by atoms with van der Waals surface area (Å²) in [5, 5.41) is 10.2. The van der Waals surface area contributed by atoms with Gasteiger partial charge in [-0.05, 0) is 0 Å². The third kappa shape index (κ3) is 2.32. The molecule has 1 aromatic carbocycles. The van der Waals surface area contributed by atoms with Gasteiger partial charge in [0.15, 0.2) is 0 Å². The van der Waals surface area contributed by atoms with Gasteiger partial charge in [-0.3, -0.25) is 4.39 Å². The van der Waals surface area contributed by atoms with E-state index in [9.17, 15) is 18.3 Å². The number of benzene rings is 1. The smallest absolute Gasteiger partial charge is 0.0515 e. The van der Waals surface area contributed by atoms with E-state index >= 15 is 0 Å². The molecule has 1 aromatic rings. The molecule has 5 heteroatoms. The quantitative estimate of drug-likeness (QED) is 0.396. The molecular formula is C6HF3HfO-2. The molecular weight excluding hydrogens is 324 g/mol. The van der Waals surface area contributed by atoms with E-state index < -0.39 is 23.2 Å². The van der Waals surface area contributed by atoms with E-state index in [1.54, 1.807) is 0 Å². The summed E-state index contributed by atoms with van der Waals surface area (Å²) in [7, 11) is 0. The molecule has 0 N–H and O–H groups in total. The summed E-state index contributed by atoms with van der Waals surface area (Å²) >= 11 is 0. The van der Waals surface area contributed by atoms with Crippen LogP contribution in [-0.2, 0) is 25.8 Å². The van der Waals surface area contributed by atoms with Crippen LogP contribution in [-0.4, -0.2) is 0 Å². The van der Waals surface area contributed by atoms with Gasteiger partial charge in [-0.25, -0.2) is 8.78 Å². The van der Waals surface area contributed by atoms with Gasteiger partial charge in [-0.1, -0.05) is 6.07 Å². The molecule has 0 aromatic heterocycles. The first-order chi connectivity index (χ1) is 4.61. The Hall–Kier alpha value is -0.320. The average Bonchev–Trinajstić information content (AvgIpc) is 1.82. The number of rotatable bonds is 0. The van der Waals surface area contributed by atoms with Gasteiger partial charge in [0.1, 0.15) is 0 Å². The summed E-state index contributed by atoms with van der Waals surface area (Å²) in [6.45, 7) is 0. The third-order valence-electron chi connectivity index (χ3n) is 0.895. The first-order valence-electron chi connectivity index (χ1n) is 2.35. The second-order valence-electron chi connectivity index (χ2n) is 1.61. The van der Waals surface area contributed by atoms with Gasteiger partial charge in [0.25, 0.3) is 0 Å². The summed E-state index contributed by atoms with van der Waals surface area (Å²) in [6, 6.07) is 1.70. The fourth-order valence-electron chi connectivity index (χ4n) is 0.482. The van der Waals surface area contributed by atoms with Crippen molar-refractivity contribution in [3.8, 4) is 5.75 Å². The zero-order valence-electron chi connectivity index (χ0n) is 5.12. The van der Waals surface area contributed by atoms with Crippen molar-refractivity contribution in [3.63, 3.8) is 0 Å². The maximum Gasteiger partial charge on any atom is 0.0515 e. The van der Waals surface area contributed by atoms with Crippen LogP contribution in [0.4, 0.5) is 13.2 Å². The molecule has 58 valence electrons. The molecule has 11 heavy (non-hydrogen) atoms. The summed E-state index contributed by atoms with van der Waals surface area (Å²) in [6.07, 6.45) is 0. The topological polar surface area (TPSA) is 23.1 Å². The molecule has 0 bridgehead atoms.